The molecule has 1 aliphatic carbocycles. The van der Waals surface area contributed by atoms with Gasteiger partial charge in [-0.1, -0.05) is 52.5 Å². The minimum absolute atomic E-state index is 0.173. The third-order valence-electron chi connectivity index (χ3n) is 5.14. The molecule has 0 radical (unpaired) electrons. The zero-order chi connectivity index (χ0) is 23.9. The maximum atomic E-state index is 12.9. The second-order valence-electron chi connectivity index (χ2n) is 7.48. The maximum Gasteiger partial charge on any atom is 0.257 e. The lowest BCUT2D eigenvalue weighted by Gasteiger charge is -2.10. The molecule has 2 N–H and O–H groups in total. The molecule has 2 amide bonds. The van der Waals surface area contributed by atoms with Crippen molar-refractivity contribution in [1.82, 2.24) is 0 Å². The third kappa shape index (κ3) is 5.37. The summed E-state index contributed by atoms with van der Waals surface area (Å²) in [4.78, 5) is 25.7. The first-order valence-corrected chi connectivity index (χ1v) is 11.8. The second kappa shape index (κ2) is 9.53. The molecule has 0 spiro atoms. The number of carbonyl (C=O) groups excluding carboxylic acids is 2. The van der Waals surface area contributed by atoms with Crippen molar-refractivity contribution in [3.63, 3.8) is 0 Å². The highest BCUT2D eigenvalue weighted by Crippen LogP contribution is 2.65. The number of hydrogen-bond donors (Lipinski definition) is 2. The Bertz CT molecular complexity index is 1240. The topological polar surface area (TPSA) is 58.2 Å². The number of alkyl halides is 2. The normalized spacial score (nSPS) is 18.5. The second-order valence-corrected chi connectivity index (χ2v) is 10.6. The zero-order valence-electron chi connectivity index (χ0n) is 16.5. The molecule has 170 valence electrons. The molecule has 0 saturated heterocycles. The Kier molecular flexibility index (Phi) is 7.07. The first-order chi connectivity index (χ1) is 15.6. The first-order valence-electron chi connectivity index (χ1n) is 9.57. The average molecular weight is 563 g/mol. The van der Waals surface area contributed by atoms with Crippen molar-refractivity contribution in [2.45, 2.75) is 10.3 Å². The van der Waals surface area contributed by atoms with E-state index in [1.165, 1.54) is 12.1 Å². The molecule has 4 nitrogen and oxygen atoms in total. The van der Waals surface area contributed by atoms with Gasteiger partial charge in [-0.05, 0) is 60.2 Å². The molecule has 1 fully saturated rings. The predicted molar refractivity (Wildman–Crippen MR) is 137 cm³/mol. The van der Waals surface area contributed by atoms with Gasteiger partial charge in [-0.2, -0.15) is 0 Å². The highest BCUT2D eigenvalue weighted by molar-refractivity contribution is 6.53. The minimum atomic E-state index is -1.32. The molecule has 0 aromatic heterocycles. The SMILES string of the molecule is O=C(Nc1cccc(Cl)c1)c1cc(NC(=O)[C@H]2[C@H](c3cc(Cl)cc(Cl)c3)C2(Cl)Cl)ccc1Cl. The van der Waals surface area contributed by atoms with Gasteiger partial charge in [0.05, 0.1) is 16.5 Å². The Hall–Kier alpha value is -1.66. The van der Waals surface area contributed by atoms with Gasteiger partial charge < -0.3 is 10.6 Å². The fourth-order valence-electron chi connectivity index (χ4n) is 3.58. The van der Waals surface area contributed by atoms with Crippen LogP contribution >= 0.6 is 69.6 Å². The Morgan fingerprint density at radius 3 is 2.09 bits per heavy atom. The van der Waals surface area contributed by atoms with E-state index in [-0.39, 0.29) is 10.6 Å². The van der Waals surface area contributed by atoms with E-state index in [0.29, 0.717) is 32.0 Å². The molecule has 10 heteroatoms. The summed E-state index contributed by atoms with van der Waals surface area (Å²) in [6.45, 7) is 0. The van der Waals surface area contributed by atoms with Crippen molar-refractivity contribution < 1.29 is 9.59 Å². The van der Waals surface area contributed by atoms with Crippen LogP contribution in [0.25, 0.3) is 0 Å². The summed E-state index contributed by atoms with van der Waals surface area (Å²) in [5.41, 5.74) is 1.70. The Labute approximate surface area is 220 Å². The minimum Gasteiger partial charge on any atom is -0.326 e. The molecule has 33 heavy (non-hydrogen) atoms. The van der Waals surface area contributed by atoms with Gasteiger partial charge in [0.1, 0.15) is 4.33 Å². The van der Waals surface area contributed by atoms with Gasteiger partial charge in [-0.3, -0.25) is 9.59 Å². The number of amides is 2. The molecular weight excluding hydrogens is 549 g/mol. The van der Waals surface area contributed by atoms with Crippen molar-refractivity contribution in [2.24, 2.45) is 5.92 Å². The molecular formula is C23H14Cl6N2O2. The predicted octanol–water partition coefficient (Wildman–Crippen LogP) is 8.08. The quantitative estimate of drug-likeness (QED) is 0.309. The van der Waals surface area contributed by atoms with Gasteiger partial charge in [0.25, 0.3) is 5.91 Å². The smallest absolute Gasteiger partial charge is 0.257 e. The molecule has 3 aromatic rings. The van der Waals surface area contributed by atoms with Crippen LogP contribution in [0.5, 0.6) is 0 Å². The highest BCUT2D eigenvalue weighted by Gasteiger charge is 2.67. The molecule has 0 bridgehead atoms. The van der Waals surface area contributed by atoms with Crippen LogP contribution < -0.4 is 10.6 Å². The first kappa shape index (κ1) is 24.5. The van der Waals surface area contributed by atoms with Crippen molar-refractivity contribution >= 4 is 92.8 Å². The molecule has 0 aliphatic heterocycles. The fourth-order valence-corrected chi connectivity index (χ4v) is 5.35. The standard InChI is InChI=1S/C23H14Cl6N2O2/c24-12-2-1-3-15(9-12)30-21(32)17-10-16(4-5-18(17)27)31-22(33)20-19(23(20,28)29)11-6-13(25)8-14(26)7-11/h1-10,19-20H,(H,30,32)(H,31,33)/t19-,20+/m0/s1. The summed E-state index contributed by atoms with van der Waals surface area (Å²) in [6.07, 6.45) is 0. The number of carbonyl (C=O) groups is 2. The van der Waals surface area contributed by atoms with Gasteiger partial charge >= 0.3 is 0 Å². The summed E-state index contributed by atoms with van der Waals surface area (Å²) in [5, 5.41) is 7.00. The Morgan fingerprint density at radius 1 is 0.758 bits per heavy atom. The molecule has 2 atom stereocenters. The van der Waals surface area contributed by atoms with Gasteiger partial charge in [-0.25, -0.2) is 0 Å². The van der Waals surface area contributed by atoms with Gasteiger partial charge in [0, 0.05) is 32.4 Å². The van der Waals surface area contributed by atoms with Gasteiger partial charge in [0.15, 0.2) is 0 Å². The van der Waals surface area contributed by atoms with E-state index < -0.39 is 28.0 Å². The molecule has 4 rings (SSSR count). The van der Waals surface area contributed by atoms with Crippen LogP contribution in [0.1, 0.15) is 21.8 Å². The average Bonchev–Trinajstić information content (AvgIpc) is 3.31. The van der Waals surface area contributed by atoms with Crippen LogP contribution in [-0.2, 0) is 4.79 Å². The molecule has 3 aromatic carbocycles. The van der Waals surface area contributed by atoms with E-state index >= 15 is 0 Å². The third-order valence-corrected chi connectivity index (χ3v) is 7.08. The number of halogens is 6. The maximum absolute atomic E-state index is 12.9. The molecule has 0 unspecified atom stereocenters. The van der Waals surface area contributed by atoms with Gasteiger partial charge in [0.2, 0.25) is 5.91 Å². The Morgan fingerprint density at radius 2 is 1.42 bits per heavy atom. The Balaban J connectivity index is 1.51. The van der Waals surface area contributed by atoms with Crippen LogP contribution in [0.15, 0.2) is 60.7 Å². The van der Waals surface area contributed by atoms with Crippen LogP contribution in [0.4, 0.5) is 11.4 Å². The van der Waals surface area contributed by atoms with Gasteiger partial charge in [-0.15, -0.1) is 23.2 Å². The van der Waals surface area contributed by atoms with Crippen molar-refractivity contribution in [1.29, 1.82) is 0 Å². The summed E-state index contributed by atoms with van der Waals surface area (Å²) in [7, 11) is 0. The van der Waals surface area contributed by atoms with E-state index in [1.807, 2.05) is 0 Å². The lowest BCUT2D eigenvalue weighted by atomic mass is 10.1. The summed E-state index contributed by atoms with van der Waals surface area (Å²) in [6, 6.07) is 16.2. The molecule has 1 aliphatic rings. The number of anilines is 2. The highest BCUT2D eigenvalue weighted by atomic mass is 35.5. The summed E-state index contributed by atoms with van der Waals surface area (Å²) >= 11 is 37.1. The van der Waals surface area contributed by atoms with E-state index in [9.17, 15) is 9.59 Å². The van der Waals surface area contributed by atoms with Crippen LogP contribution in [0, 0.1) is 5.92 Å². The monoisotopic (exact) mass is 560 g/mol. The number of hydrogen-bond acceptors (Lipinski definition) is 2. The van der Waals surface area contributed by atoms with Crippen molar-refractivity contribution in [3.05, 3.63) is 91.9 Å². The lowest BCUT2D eigenvalue weighted by molar-refractivity contribution is -0.117. The van der Waals surface area contributed by atoms with E-state index in [2.05, 4.69) is 10.6 Å². The van der Waals surface area contributed by atoms with E-state index in [1.54, 1.807) is 48.5 Å². The zero-order valence-corrected chi connectivity index (χ0v) is 21.0. The molecule has 0 heterocycles. The van der Waals surface area contributed by atoms with E-state index in [4.69, 9.17) is 69.6 Å². The van der Waals surface area contributed by atoms with Crippen molar-refractivity contribution in [3.8, 4) is 0 Å². The number of nitrogens with one attached hydrogen (secondary N) is 2. The van der Waals surface area contributed by atoms with Crippen LogP contribution in [0.3, 0.4) is 0 Å². The van der Waals surface area contributed by atoms with Crippen molar-refractivity contribution in [2.75, 3.05) is 10.6 Å². The van der Waals surface area contributed by atoms with E-state index in [0.717, 1.165) is 0 Å². The van der Waals surface area contributed by atoms with Crippen LogP contribution in [0.2, 0.25) is 20.1 Å². The molecule has 1 saturated carbocycles. The van der Waals surface area contributed by atoms with Crippen LogP contribution in [-0.4, -0.2) is 16.1 Å². The fraction of sp³-hybridized carbons (Fsp3) is 0.130. The largest absolute Gasteiger partial charge is 0.326 e. The number of rotatable bonds is 5. The lowest BCUT2D eigenvalue weighted by Crippen LogP contribution is -2.18. The number of benzene rings is 3. The summed E-state index contributed by atoms with van der Waals surface area (Å²) < 4.78 is -1.32. The summed E-state index contributed by atoms with van der Waals surface area (Å²) in [5.74, 6) is -2.10.